The molecule has 0 aromatic carbocycles. The summed E-state index contributed by atoms with van der Waals surface area (Å²) in [5.41, 5.74) is -0.107. The van der Waals surface area contributed by atoms with E-state index in [1.807, 2.05) is 18.2 Å². The van der Waals surface area contributed by atoms with Gasteiger partial charge in [0.05, 0.1) is 5.41 Å². The molecule has 16 heavy (non-hydrogen) atoms. The minimum absolute atomic E-state index is 0.323. The van der Waals surface area contributed by atoms with E-state index in [4.69, 9.17) is 5.11 Å². The third-order valence-corrected chi connectivity index (χ3v) is 2.46. The molecule has 0 saturated heterocycles. The Bertz CT molecular complexity index is 498. The van der Waals surface area contributed by atoms with Gasteiger partial charge in [-0.15, -0.1) is 0 Å². The van der Waals surface area contributed by atoms with E-state index in [0.717, 1.165) is 5.65 Å². The second-order valence-electron chi connectivity index (χ2n) is 4.40. The van der Waals surface area contributed by atoms with Crippen LogP contribution in [0.15, 0.2) is 24.4 Å². The van der Waals surface area contributed by atoms with Gasteiger partial charge in [-0.3, -0.25) is 4.79 Å². The Morgan fingerprint density at radius 1 is 1.50 bits per heavy atom. The van der Waals surface area contributed by atoms with Gasteiger partial charge < -0.3 is 5.11 Å². The van der Waals surface area contributed by atoms with Crippen molar-refractivity contribution in [3.05, 3.63) is 30.2 Å². The van der Waals surface area contributed by atoms with Crippen LogP contribution < -0.4 is 0 Å². The molecule has 2 aromatic heterocycles. The molecule has 0 aliphatic rings. The van der Waals surface area contributed by atoms with Crippen molar-refractivity contribution in [1.82, 2.24) is 14.6 Å². The SMILES string of the molecule is CC(C)(Cc1nc2ccccn2n1)C(=O)O. The van der Waals surface area contributed by atoms with Crippen molar-refractivity contribution in [1.29, 1.82) is 0 Å². The molecule has 2 heterocycles. The summed E-state index contributed by atoms with van der Waals surface area (Å²) in [6.45, 7) is 3.34. The van der Waals surface area contributed by atoms with E-state index in [1.165, 1.54) is 0 Å². The average Bonchev–Trinajstić information content (AvgIpc) is 2.58. The second kappa shape index (κ2) is 3.59. The molecular formula is C11H13N3O2. The first-order valence-electron chi connectivity index (χ1n) is 5.03. The van der Waals surface area contributed by atoms with Crippen LogP contribution in [0.2, 0.25) is 0 Å². The number of aromatic nitrogens is 3. The summed E-state index contributed by atoms with van der Waals surface area (Å²) < 4.78 is 1.65. The van der Waals surface area contributed by atoms with Crippen molar-refractivity contribution >= 4 is 11.6 Å². The molecular weight excluding hydrogens is 206 g/mol. The first-order valence-corrected chi connectivity index (χ1v) is 5.03. The van der Waals surface area contributed by atoms with Gasteiger partial charge in [0, 0.05) is 12.6 Å². The summed E-state index contributed by atoms with van der Waals surface area (Å²) in [4.78, 5) is 15.2. The Hall–Kier alpha value is -1.91. The van der Waals surface area contributed by atoms with Crippen molar-refractivity contribution in [2.75, 3.05) is 0 Å². The molecule has 0 amide bonds. The topological polar surface area (TPSA) is 67.5 Å². The van der Waals surface area contributed by atoms with E-state index >= 15 is 0 Å². The first kappa shape index (κ1) is 10.6. The first-order chi connectivity index (χ1) is 7.49. The lowest BCUT2D eigenvalue weighted by Crippen LogP contribution is -2.26. The largest absolute Gasteiger partial charge is 0.481 e. The third-order valence-electron chi connectivity index (χ3n) is 2.46. The minimum atomic E-state index is -0.842. The molecule has 5 heteroatoms. The van der Waals surface area contributed by atoms with Crippen molar-refractivity contribution in [3.63, 3.8) is 0 Å². The van der Waals surface area contributed by atoms with Crippen molar-refractivity contribution in [2.24, 2.45) is 5.41 Å². The van der Waals surface area contributed by atoms with Gasteiger partial charge >= 0.3 is 5.97 Å². The minimum Gasteiger partial charge on any atom is -0.481 e. The summed E-state index contributed by atoms with van der Waals surface area (Å²) in [5, 5.41) is 13.2. The van der Waals surface area contributed by atoms with Crippen LogP contribution in [0.25, 0.3) is 5.65 Å². The van der Waals surface area contributed by atoms with E-state index in [1.54, 1.807) is 24.6 Å². The zero-order valence-corrected chi connectivity index (χ0v) is 9.21. The van der Waals surface area contributed by atoms with E-state index in [-0.39, 0.29) is 0 Å². The molecule has 0 radical (unpaired) electrons. The summed E-state index contributed by atoms with van der Waals surface area (Å²) in [5.74, 6) is -0.287. The molecule has 0 saturated carbocycles. The normalized spacial score (nSPS) is 11.9. The van der Waals surface area contributed by atoms with E-state index in [2.05, 4.69) is 10.1 Å². The van der Waals surface area contributed by atoms with Gasteiger partial charge in [-0.05, 0) is 26.0 Å². The average molecular weight is 219 g/mol. The molecule has 0 bridgehead atoms. The molecule has 1 N–H and O–H groups in total. The summed E-state index contributed by atoms with van der Waals surface area (Å²) >= 11 is 0. The van der Waals surface area contributed by atoms with E-state index < -0.39 is 11.4 Å². The van der Waals surface area contributed by atoms with Crippen LogP contribution in [0.5, 0.6) is 0 Å². The maximum absolute atomic E-state index is 11.0. The van der Waals surface area contributed by atoms with E-state index in [9.17, 15) is 4.79 Å². The molecule has 0 atom stereocenters. The molecule has 2 rings (SSSR count). The lowest BCUT2D eigenvalue weighted by Gasteiger charge is -2.16. The number of aliphatic carboxylic acids is 1. The van der Waals surface area contributed by atoms with Crippen LogP contribution in [-0.2, 0) is 11.2 Å². The fourth-order valence-electron chi connectivity index (χ4n) is 1.42. The Kier molecular flexibility index (Phi) is 2.38. The molecule has 0 aliphatic carbocycles. The van der Waals surface area contributed by atoms with Gasteiger partial charge in [-0.25, -0.2) is 9.50 Å². The van der Waals surface area contributed by atoms with Crippen LogP contribution in [0, 0.1) is 5.41 Å². The predicted molar refractivity (Wildman–Crippen MR) is 58.1 cm³/mol. The highest BCUT2D eigenvalue weighted by atomic mass is 16.4. The highest BCUT2D eigenvalue weighted by Gasteiger charge is 2.29. The Morgan fingerprint density at radius 2 is 2.25 bits per heavy atom. The lowest BCUT2D eigenvalue weighted by atomic mass is 9.89. The van der Waals surface area contributed by atoms with Gasteiger partial charge in [0.1, 0.15) is 0 Å². The lowest BCUT2D eigenvalue weighted by molar-refractivity contribution is -0.146. The maximum Gasteiger partial charge on any atom is 0.309 e. The Morgan fingerprint density at radius 3 is 2.88 bits per heavy atom. The molecule has 0 spiro atoms. The van der Waals surface area contributed by atoms with Gasteiger partial charge in [-0.2, -0.15) is 5.10 Å². The molecule has 0 fully saturated rings. The van der Waals surface area contributed by atoms with Gasteiger partial charge in [0.15, 0.2) is 11.5 Å². The van der Waals surface area contributed by atoms with Crippen LogP contribution in [0.3, 0.4) is 0 Å². The highest BCUT2D eigenvalue weighted by Crippen LogP contribution is 2.20. The second-order valence-corrected chi connectivity index (χ2v) is 4.40. The zero-order valence-electron chi connectivity index (χ0n) is 9.21. The third kappa shape index (κ3) is 1.88. The van der Waals surface area contributed by atoms with Crippen molar-refractivity contribution in [2.45, 2.75) is 20.3 Å². The van der Waals surface area contributed by atoms with Gasteiger partial charge in [0.2, 0.25) is 0 Å². The predicted octanol–water partition coefficient (Wildman–Crippen LogP) is 1.38. The number of nitrogens with zero attached hydrogens (tertiary/aromatic N) is 3. The maximum atomic E-state index is 11.0. The summed E-state index contributed by atoms with van der Waals surface area (Å²) in [6, 6.07) is 5.56. The molecule has 2 aromatic rings. The van der Waals surface area contributed by atoms with Gasteiger partial charge in [0.25, 0.3) is 0 Å². The molecule has 0 unspecified atom stereocenters. The smallest absolute Gasteiger partial charge is 0.309 e. The number of carboxylic acid groups (broad SMARTS) is 1. The number of fused-ring (bicyclic) bond motifs is 1. The standard InChI is InChI=1S/C11H13N3O2/c1-11(2,10(15)16)7-8-12-9-5-3-4-6-14(9)13-8/h3-6H,7H2,1-2H3,(H,15,16). The quantitative estimate of drug-likeness (QED) is 0.846. The number of carbonyl (C=O) groups is 1. The van der Waals surface area contributed by atoms with Crippen LogP contribution in [-0.4, -0.2) is 25.7 Å². The number of carboxylic acids is 1. The van der Waals surface area contributed by atoms with Crippen molar-refractivity contribution in [3.8, 4) is 0 Å². The monoisotopic (exact) mass is 219 g/mol. The highest BCUT2D eigenvalue weighted by molar-refractivity contribution is 5.73. The Balaban J connectivity index is 2.32. The zero-order chi connectivity index (χ0) is 11.8. The summed E-state index contributed by atoms with van der Waals surface area (Å²) in [7, 11) is 0. The van der Waals surface area contributed by atoms with Crippen LogP contribution >= 0.6 is 0 Å². The van der Waals surface area contributed by atoms with E-state index in [0.29, 0.717) is 12.2 Å². The summed E-state index contributed by atoms with van der Waals surface area (Å²) in [6.07, 6.45) is 2.11. The molecule has 0 aliphatic heterocycles. The molecule has 84 valence electrons. The van der Waals surface area contributed by atoms with Crippen LogP contribution in [0.1, 0.15) is 19.7 Å². The fraction of sp³-hybridized carbons (Fsp3) is 0.364. The molecule has 5 nitrogen and oxygen atoms in total. The van der Waals surface area contributed by atoms with Crippen LogP contribution in [0.4, 0.5) is 0 Å². The van der Waals surface area contributed by atoms with Gasteiger partial charge in [-0.1, -0.05) is 6.07 Å². The number of hydrogen-bond donors (Lipinski definition) is 1. The number of hydrogen-bond acceptors (Lipinski definition) is 3. The van der Waals surface area contributed by atoms with Crippen molar-refractivity contribution < 1.29 is 9.90 Å². The number of rotatable bonds is 3. The Labute approximate surface area is 92.7 Å². The fourth-order valence-corrected chi connectivity index (χ4v) is 1.42. The number of pyridine rings is 1.